The minimum Gasteiger partial charge on any atom is -0.481 e. The van der Waals surface area contributed by atoms with E-state index in [1.165, 1.54) is 0 Å². The van der Waals surface area contributed by atoms with Gasteiger partial charge in [-0.1, -0.05) is 6.07 Å². The largest absolute Gasteiger partial charge is 0.481 e. The van der Waals surface area contributed by atoms with Crippen molar-refractivity contribution in [1.29, 1.82) is 0 Å². The molecule has 4 nitrogen and oxygen atoms in total. The molecule has 1 unspecified atom stereocenters. The molecule has 1 aromatic rings. The first-order valence-electron chi connectivity index (χ1n) is 4.10. The van der Waals surface area contributed by atoms with Gasteiger partial charge in [0.1, 0.15) is 4.60 Å². The number of aryl methyl sites for hydroxylation is 1. The Balaban J connectivity index is 2.85. The first kappa shape index (κ1) is 11.1. The predicted molar refractivity (Wildman–Crippen MR) is 55.9 cm³/mol. The first-order chi connectivity index (χ1) is 6.50. The van der Waals surface area contributed by atoms with E-state index in [1.807, 2.05) is 13.0 Å². The lowest BCUT2D eigenvalue weighted by molar-refractivity contribution is -0.137. The van der Waals surface area contributed by atoms with Gasteiger partial charge in [0, 0.05) is 12.2 Å². The number of aromatic nitrogens is 1. The summed E-state index contributed by atoms with van der Waals surface area (Å²) in [6, 6.07) is 1.34. The third-order valence-electron chi connectivity index (χ3n) is 1.86. The quantitative estimate of drug-likeness (QED) is 0.809. The third-order valence-corrected chi connectivity index (χ3v) is 2.69. The standard InChI is InChI=1S/C9H11BrN2O2/c1-5-2-6(4-12-9(5)10)7(11)3-8(13)14/h2,4,7H,3,11H2,1H3,(H,13,14). The van der Waals surface area contributed by atoms with Crippen LogP contribution in [0, 0.1) is 6.92 Å². The number of nitrogens with zero attached hydrogens (tertiary/aromatic N) is 1. The SMILES string of the molecule is Cc1cc(C(N)CC(=O)O)cnc1Br. The maximum Gasteiger partial charge on any atom is 0.305 e. The molecule has 1 rings (SSSR count). The van der Waals surface area contributed by atoms with Crippen LogP contribution in [0.5, 0.6) is 0 Å². The van der Waals surface area contributed by atoms with Crippen LogP contribution in [-0.2, 0) is 4.79 Å². The highest BCUT2D eigenvalue weighted by Gasteiger charge is 2.11. The number of aliphatic carboxylic acids is 1. The van der Waals surface area contributed by atoms with E-state index in [0.29, 0.717) is 0 Å². The molecule has 3 N–H and O–H groups in total. The molecular formula is C9H11BrN2O2. The average molecular weight is 259 g/mol. The Morgan fingerprint density at radius 2 is 2.43 bits per heavy atom. The Labute approximate surface area is 90.3 Å². The molecule has 0 saturated heterocycles. The molecule has 0 saturated carbocycles. The Kier molecular flexibility index (Phi) is 3.60. The molecule has 0 bridgehead atoms. The number of hydrogen-bond donors (Lipinski definition) is 2. The van der Waals surface area contributed by atoms with Crippen LogP contribution >= 0.6 is 15.9 Å². The summed E-state index contributed by atoms with van der Waals surface area (Å²) in [5.74, 6) is -0.905. The van der Waals surface area contributed by atoms with Crippen LogP contribution in [-0.4, -0.2) is 16.1 Å². The molecule has 1 heterocycles. The average Bonchev–Trinajstić information content (AvgIpc) is 2.08. The van der Waals surface area contributed by atoms with Gasteiger partial charge >= 0.3 is 5.97 Å². The zero-order valence-corrected chi connectivity index (χ0v) is 9.28. The van der Waals surface area contributed by atoms with E-state index in [4.69, 9.17) is 10.8 Å². The van der Waals surface area contributed by atoms with Crippen LogP contribution in [0.4, 0.5) is 0 Å². The van der Waals surface area contributed by atoms with Gasteiger partial charge in [-0.3, -0.25) is 4.79 Å². The maximum atomic E-state index is 10.4. The number of carbonyl (C=O) groups is 1. The Hall–Kier alpha value is -0.940. The second-order valence-corrected chi connectivity index (χ2v) is 3.83. The Morgan fingerprint density at radius 3 is 2.93 bits per heavy atom. The molecule has 1 aromatic heterocycles. The molecule has 0 amide bonds. The van der Waals surface area contributed by atoms with E-state index in [0.717, 1.165) is 15.7 Å². The fourth-order valence-corrected chi connectivity index (χ4v) is 1.31. The third kappa shape index (κ3) is 2.78. The summed E-state index contributed by atoms with van der Waals surface area (Å²) in [7, 11) is 0. The molecular weight excluding hydrogens is 248 g/mol. The van der Waals surface area contributed by atoms with E-state index in [2.05, 4.69) is 20.9 Å². The molecule has 0 aliphatic rings. The number of hydrogen-bond acceptors (Lipinski definition) is 3. The van der Waals surface area contributed by atoms with E-state index in [-0.39, 0.29) is 6.42 Å². The molecule has 5 heteroatoms. The summed E-state index contributed by atoms with van der Waals surface area (Å²) in [5.41, 5.74) is 7.37. The zero-order valence-electron chi connectivity index (χ0n) is 7.70. The topological polar surface area (TPSA) is 76.2 Å². The van der Waals surface area contributed by atoms with Gasteiger partial charge in [0.25, 0.3) is 0 Å². The molecule has 1 atom stereocenters. The monoisotopic (exact) mass is 258 g/mol. The van der Waals surface area contributed by atoms with Gasteiger partial charge in [-0.15, -0.1) is 0 Å². The number of pyridine rings is 1. The van der Waals surface area contributed by atoms with Crippen LogP contribution in [0.25, 0.3) is 0 Å². The van der Waals surface area contributed by atoms with Gasteiger partial charge in [-0.2, -0.15) is 0 Å². The molecule has 76 valence electrons. The van der Waals surface area contributed by atoms with Crippen molar-refractivity contribution in [1.82, 2.24) is 4.98 Å². The number of halogens is 1. The van der Waals surface area contributed by atoms with Gasteiger partial charge in [-0.05, 0) is 34.0 Å². The van der Waals surface area contributed by atoms with E-state index in [1.54, 1.807) is 6.20 Å². The Morgan fingerprint density at radius 1 is 1.79 bits per heavy atom. The zero-order chi connectivity index (χ0) is 10.7. The summed E-state index contributed by atoms with van der Waals surface area (Å²) < 4.78 is 0.753. The molecule has 14 heavy (non-hydrogen) atoms. The highest BCUT2D eigenvalue weighted by atomic mass is 79.9. The normalized spacial score (nSPS) is 12.5. The number of nitrogens with two attached hydrogens (primary N) is 1. The number of carboxylic acids is 1. The summed E-state index contributed by atoms with van der Waals surface area (Å²) >= 11 is 3.26. The highest BCUT2D eigenvalue weighted by Crippen LogP contribution is 2.19. The summed E-state index contributed by atoms with van der Waals surface area (Å²) in [6.45, 7) is 1.88. The lowest BCUT2D eigenvalue weighted by Gasteiger charge is -2.09. The van der Waals surface area contributed by atoms with Crippen LogP contribution in [0.15, 0.2) is 16.9 Å². The highest BCUT2D eigenvalue weighted by molar-refractivity contribution is 9.10. The van der Waals surface area contributed by atoms with Crippen molar-refractivity contribution in [3.63, 3.8) is 0 Å². The Bertz CT molecular complexity index is 355. The molecule has 0 aliphatic heterocycles. The second kappa shape index (κ2) is 4.52. The number of carboxylic acid groups (broad SMARTS) is 1. The van der Waals surface area contributed by atoms with Crippen molar-refractivity contribution in [3.8, 4) is 0 Å². The summed E-state index contributed by atoms with van der Waals surface area (Å²) in [4.78, 5) is 14.5. The molecule has 0 fully saturated rings. The first-order valence-corrected chi connectivity index (χ1v) is 4.89. The maximum absolute atomic E-state index is 10.4. The number of rotatable bonds is 3. The molecule has 0 aromatic carbocycles. The van der Waals surface area contributed by atoms with Crippen molar-refractivity contribution < 1.29 is 9.90 Å². The van der Waals surface area contributed by atoms with Crippen molar-refractivity contribution in [3.05, 3.63) is 28.0 Å². The van der Waals surface area contributed by atoms with E-state index >= 15 is 0 Å². The lowest BCUT2D eigenvalue weighted by Crippen LogP contribution is -2.15. The van der Waals surface area contributed by atoms with E-state index < -0.39 is 12.0 Å². The summed E-state index contributed by atoms with van der Waals surface area (Å²) in [5, 5.41) is 8.56. The molecule has 0 radical (unpaired) electrons. The minimum absolute atomic E-state index is 0.0806. The lowest BCUT2D eigenvalue weighted by atomic mass is 10.1. The van der Waals surface area contributed by atoms with Gasteiger partial charge in [-0.25, -0.2) is 4.98 Å². The van der Waals surface area contributed by atoms with Crippen LogP contribution in [0.1, 0.15) is 23.6 Å². The van der Waals surface area contributed by atoms with Gasteiger partial charge < -0.3 is 10.8 Å². The molecule has 0 spiro atoms. The predicted octanol–water partition coefficient (Wildman–Crippen LogP) is 1.63. The molecule has 0 aliphatic carbocycles. The van der Waals surface area contributed by atoms with Crippen molar-refractivity contribution >= 4 is 21.9 Å². The van der Waals surface area contributed by atoms with E-state index in [9.17, 15) is 4.79 Å². The van der Waals surface area contributed by atoms with Crippen LogP contribution < -0.4 is 5.73 Å². The summed E-state index contributed by atoms with van der Waals surface area (Å²) in [6.07, 6.45) is 1.51. The fraction of sp³-hybridized carbons (Fsp3) is 0.333. The van der Waals surface area contributed by atoms with Crippen LogP contribution in [0.3, 0.4) is 0 Å². The van der Waals surface area contributed by atoms with Gasteiger partial charge in [0.05, 0.1) is 6.42 Å². The van der Waals surface area contributed by atoms with Crippen molar-refractivity contribution in [2.24, 2.45) is 5.73 Å². The van der Waals surface area contributed by atoms with Crippen molar-refractivity contribution in [2.75, 3.05) is 0 Å². The van der Waals surface area contributed by atoms with Gasteiger partial charge in [0.15, 0.2) is 0 Å². The second-order valence-electron chi connectivity index (χ2n) is 3.08. The van der Waals surface area contributed by atoms with Crippen LogP contribution in [0.2, 0.25) is 0 Å². The van der Waals surface area contributed by atoms with Crippen molar-refractivity contribution in [2.45, 2.75) is 19.4 Å². The fourth-order valence-electron chi connectivity index (χ4n) is 1.09. The van der Waals surface area contributed by atoms with Gasteiger partial charge in [0.2, 0.25) is 0 Å². The smallest absolute Gasteiger partial charge is 0.305 e. The minimum atomic E-state index is -0.905.